The van der Waals surface area contributed by atoms with Crippen LogP contribution in [-0.4, -0.2) is 18.3 Å². The number of benzene rings is 1. The van der Waals surface area contributed by atoms with E-state index in [4.69, 9.17) is 4.74 Å². The zero-order valence-corrected chi connectivity index (χ0v) is 11.3. The fourth-order valence-corrected chi connectivity index (χ4v) is 2.09. The average Bonchev–Trinajstić information content (AvgIpc) is 2.29. The fourth-order valence-electron chi connectivity index (χ4n) is 1.28. The highest BCUT2D eigenvalue weighted by atomic mass is 32.2. The highest BCUT2D eigenvalue weighted by Crippen LogP contribution is 2.20. The van der Waals surface area contributed by atoms with E-state index < -0.39 is 0 Å². The van der Waals surface area contributed by atoms with E-state index in [0.29, 0.717) is 6.61 Å². The van der Waals surface area contributed by atoms with E-state index >= 15 is 0 Å². The molecule has 0 saturated carbocycles. The molecule has 17 heavy (non-hydrogen) atoms. The summed E-state index contributed by atoms with van der Waals surface area (Å²) in [5, 5.41) is 0. The van der Waals surface area contributed by atoms with Gasteiger partial charge in [-0.1, -0.05) is 12.1 Å². The van der Waals surface area contributed by atoms with Gasteiger partial charge in [0.1, 0.15) is 0 Å². The van der Waals surface area contributed by atoms with Gasteiger partial charge in [-0.25, -0.2) is 4.79 Å². The maximum absolute atomic E-state index is 11.0. The smallest absolute Gasteiger partial charge is 0.330 e. The molecule has 0 N–H and O–H groups in total. The largest absolute Gasteiger partial charge is 0.463 e. The van der Waals surface area contributed by atoms with Gasteiger partial charge in [-0.3, -0.25) is 0 Å². The first-order valence-electron chi connectivity index (χ1n) is 5.67. The molecular weight excluding hydrogens is 232 g/mol. The van der Waals surface area contributed by atoms with Gasteiger partial charge in [0.05, 0.1) is 6.61 Å². The molecular formula is C14H18O2S. The van der Waals surface area contributed by atoms with Crippen LogP contribution in [0, 0.1) is 13.8 Å². The van der Waals surface area contributed by atoms with Gasteiger partial charge in [0.25, 0.3) is 0 Å². The van der Waals surface area contributed by atoms with Crippen molar-refractivity contribution in [3.8, 4) is 0 Å². The molecule has 0 spiro atoms. The van der Waals surface area contributed by atoms with Gasteiger partial charge >= 0.3 is 5.97 Å². The van der Waals surface area contributed by atoms with E-state index in [0.717, 1.165) is 5.75 Å². The SMILES string of the molecule is CCOC(=O)/C=C/CSc1ccc(C)c(C)c1. The van der Waals surface area contributed by atoms with Gasteiger partial charge in [0.15, 0.2) is 0 Å². The van der Waals surface area contributed by atoms with Gasteiger partial charge in [0, 0.05) is 16.7 Å². The number of carbonyl (C=O) groups excluding carboxylic acids is 1. The summed E-state index contributed by atoms with van der Waals surface area (Å²) in [5.41, 5.74) is 2.60. The fraction of sp³-hybridized carbons (Fsp3) is 0.357. The Morgan fingerprint density at radius 3 is 2.76 bits per heavy atom. The minimum absolute atomic E-state index is 0.270. The molecule has 0 aromatic heterocycles. The summed E-state index contributed by atoms with van der Waals surface area (Å²) in [6, 6.07) is 6.39. The zero-order valence-electron chi connectivity index (χ0n) is 10.5. The standard InChI is InChI=1S/C14H18O2S/c1-4-16-14(15)6-5-9-17-13-8-7-11(2)12(3)10-13/h5-8,10H,4,9H2,1-3H3/b6-5+. The van der Waals surface area contributed by atoms with Crippen LogP contribution < -0.4 is 0 Å². The Morgan fingerprint density at radius 1 is 1.35 bits per heavy atom. The molecule has 0 fully saturated rings. The molecule has 1 aromatic carbocycles. The van der Waals surface area contributed by atoms with Crippen LogP contribution in [0.4, 0.5) is 0 Å². The zero-order chi connectivity index (χ0) is 12.7. The van der Waals surface area contributed by atoms with Crippen LogP contribution in [0.2, 0.25) is 0 Å². The van der Waals surface area contributed by atoms with E-state index in [9.17, 15) is 4.79 Å². The lowest BCUT2D eigenvalue weighted by molar-refractivity contribution is -0.137. The van der Waals surface area contributed by atoms with Crippen molar-refractivity contribution in [2.45, 2.75) is 25.7 Å². The Morgan fingerprint density at radius 2 is 2.12 bits per heavy atom. The van der Waals surface area contributed by atoms with Gasteiger partial charge in [-0.2, -0.15) is 0 Å². The van der Waals surface area contributed by atoms with Crippen molar-refractivity contribution in [2.24, 2.45) is 0 Å². The first-order chi connectivity index (χ1) is 8.13. The van der Waals surface area contributed by atoms with Crippen molar-refractivity contribution in [1.29, 1.82) is 0 Å². The van der Waals surface area contributed by atoms with Gasteiger partial charge in [0.2, 0.25) is 0 Å². The van der Waals surface area contributed by atoms with Crippen molar-refractivity contribution < 1.29 is 9.53 Å². The first-order valence-corrected chi connectivity index (χ1v) is 6.65. The van der Waals surface area contributed by atoms with Crippen LogP contribution in [0.1, 0.15) is 18.1 Å². The molecule has 0 unspecified atom stereocenters. The van der Waals surface area contributed by atoms with Gasteiger partial charge in [-0.05, 0) is 44.0 Å². The third-order valence-electron chi connectivity index (χ3n) is 2.37. The first kappa shape index (κ1) is 13.8. The molecule has 0 aliphatic carbocycles. The van der Waals surface area contributed by atoms with E-state index in [2.05, 4.69) is 32.0 Å². The Labute approximate surface area is 107 Å². The Hall–Kier alpha value is -1.22. The van der Waals surface area contributed by atoms with Crippen LogP contribution in [0.3, 0.4) is 0 Å². The van der Waals surface area contributed by atoms with Crippen LogP contribution in [0.25, 0.3) is 0 Å². The summed E-state index contributed by atoms with van der Waals surface area (Å²) in [5.74, 6) is 0.509. The van der Waals surface area contributed by atoms with Crippen LogP contribution in [0.15, 0.2) is 35.2 Å². The second kappa shape index (κ2) is 7.17. The highest BCUT2D eigenvalue weighted by Gasteiger charge is 1.97. The highest BCUT2D eigenvalue weighted by molar-refractivity contribution is 7.99. The summed E-state index contributed by atoms with van der Waals surface area (Å²) in [7, 11) is 0. The summed E-state index contributed by atoms with van der Waals surface area (Å²) in [6.07, 6.45) is 3.31. The predicted octanol–water partition coefficient (Wildman–Crippen LogP) is 3.51. The van der Waals surface area contributed by atoms with Gasteiger partial charge in [-0.15, -0.1) is 11.8 Å². The number of hydrogen-bond acceptors (Lipinski definition) is 3. The molecule has 1 rings (SSSR count). The lowest BCUT2D eigenvalue weighted by atomic mass is 10.1. The normalized spacial score (nSPS) is 10.8. The second-order valence-electron chi connectivity index (χ2n) is 3.71. The Bertz CT molecular complexity index is 411. The van der Waals surface area contributed by atoms with Crippen LogP contribution in [0.5, 0.6) is 0 Å². The number of hydrogen-bond donors (Lipinski definition) is 0. The van der Waals surface area contributed by atoms with E-state index in [1.165, 1.54) is 22.1 Å². The van der Waals surface area contributed by atoms with Crippen molar-refractivity contribution >= 4 is 17.7 Å². The topological polar surface area (TPSA) is 26.3 Å². The van der Waals surface area contributed by atoms with E-state index in [1.54, 1.807) is 18.7 Å². The summed E-state index contributed by atoms with van der Waals surface area (Å²) in [4.78, 5) is 12.3. The maximum atomic E-state index is 11.0. The molecule has 2 nitrogen and oxygen atoms in total. The predicted molar refractivity (Wildman–Crippen MR) is 72.4 cm³/mol. The molecule has 0 amide bonds. The molecule has 0 aliphatic rings. The van der Waals surface area contributed by atoms with Crippen molar-refractivity contribution in [3.05, 3.63) is 41.5 Å². The van der Waals surface area contributed by atoms with Gasteiger partial charge < -0.3 is 4.74 Å². The number of thioether (sulfide) groups is 1. The molecule has 0 atom stereocenters. The molecule has 0 heterocycles. The van der Waals surface area contributed by atoms with Crippen molar-refractivity contribution in [2.75, 3.05) is 12.4 Å². The molecule has 0 bridgehead atoms. The van der Waals surface area contributed by atoms with Crippen molar-refractivity contribution in [1.82, 2.24) is 0 Å². The quantitative estimate of drug-likeness (QED) is 0.454. The third-order valence-corrected chi connectivity index (χ3v) is 3.31. The summed E-state index contributed by atoms with van der Waals surface area (Å²) >= 11 is 1.71. The Balaban J connectivity index is 2.40. The number of esters is 1. The number of ether oxygens (including phenoxy) is 1. The minimum atomic E-state index is -0.270. The molecule has 0 radical (unpaired) electrons. The maximum Gasteiger partial charge on any atom is 0.330 e. The lowest BCUT2D eigenvalue weighted by Crippen LogP contribution is -1.98. The summed E-state index contributed by atoms with van der Waals surface area (Å²) in [6.45, 7) is 6.43. The Kier molecular flexibility index (Phi) is 5.84. The second-order valence-corrected chi connectivity index (χ2v) is 4.80. The third kappa shape index (κ3) is 5.09. The van der Waals surface area contributed by atoms with Crippen molar-refractivity contribution in [3.63, 3.8) is 0 Å². The molecule has 1 aromatic rings. The lowest BCUT2D eigenvalue weighted by Gasteiger charge is -2.03. The van der Waals surface area contributed by atoms with Crippen LogP contribution in [-0.2, 0) is 9.53 Å². The molecule has 92 valence electrons. The number of carbonyl (C=O) groups is 1. The molecule has 0 aliphatic heterocycles. The summed E-state index contributed by atoms with van der Waals surface area (Å²) < 4.78 is 4.79. The molecule has 0 saturated heterocycles. The molecule has 3 heteroatoms. The minimum Gasteiger partial charge on any atom is -0.463 e. The average molecular weight is 250 g/mol. The van der Waals surface area contributed by atoms with E-state index in [-0.39, 0.29) is 5.97 Å². The van der Waals surface area contributed by atoms with Crippen LogP contribution >= 0.6 is 11.8 Å². The number of aryl methyl sites for hydroxylation is 2. The monoisotopic (exact) mass is 250 g/mol. The number of rotatable bonds is 5. The van der Waals surface area contributed by atoms with E-state index in [1.807, 2.05) is 6.08 Å².